The standard InChI is InChI=1S/C14H16N2O2/c1-3-6-13(17)16-9-10(2)14(18)15-11-7-4-5-8-12(11)16/h3-8,10H,9H2,1-2H3,(H,15,18). The first kappa shape index (κ1) is 12.4. The molecule has 1 atom stereocenters. The fraction of sp³-hybridized carbons (Fsp3) is 0.286. The van der Waals surface area contributed by atoms with E-state index in [0.717, 1.165) is 5.69 Å². The quantitative estimate of drug-likeness (QED) is 0.770. The smallest absolute Gasteiger partial charge is 0.250 e. The normalized spacial score (nSPS) is 19.3. The topological polar surface area (TPSA) is 49.4 Å². The molecule has 1 unspecified atom stereocenters. The van der Waals surface area contributed by atoms with Gasteiger partial charge >= 0.3 is 0 Å². The number of para-hydroxylation sites is 2. The summed E-state index contributed by atoms with van der Waals surface area (Å²) in [4.78, 5) is 25.5. The van der Waals surface area contributed by atoms with E-state index >= 15 is 0 Å². The maximum atomic E-state index is 12.1. The van der Waals surface area contributed by atoms with E-state index < -0.39 is 0 Å². The molecule has 94 valence electrons. The lowest BCUT2D eigenvalue weighted by Gasteiger charge is -2.21. The van der Waals surface area contributed by atoms with E-state index in [1.54, 1.807) is 24.0 Å². The van der Waals surface area contributed by atoms with Crippen LogP contribution in [0.15, 0.2) is 36.4 Å². The second-order valence-electron chi connectivity index (χ2n) is 4.36. The van der Waals surface area contributed by atoms with Gasteiger partial charge in [0.05, 0.1) is 17.3 Å². The lowest BCUT2D eigenvalue weighted by molar-refractivity contribution is -0.119. The van der Waals surface area contributed by atoms with E-state index in [1.807, 2.05) is 25.1 Å². The van der Waals surface area contributed by atoms with Crippen molar-refractivity contribution in [2.45, 2.75) is 13.8 Å². The van der Waals surface area contributed by atoms with Crippen LogP contribution in [0.25, 0.3) is 0 Å². The lowest BCUT2D eigenvalue weighted by atomic mass is 10.1. The lowest BCUT2D eigenvalue weighted by Crippen LogP contribution is -2.34. The van der Waals surface area contributed by atoms with Crippen molar-refractivity contribution in [3.05, 3.63) is 36.4 Å². The molecule has 0 aromatic heterocycles. The number of hydrogen-bond acceptors (Lipinski definition) is 2. The number of benzene rings is 1. The van der Waals surface area contributed by atoms with Gasteiger partial charge in [-0.3, -0.25) is 9.59 Å². The summed E-state index contributed by atoms with van der Waals surface area (Å²) >= 11 is 0. The Kier molecular flexibility index (Phi) is 3.46. The summed E-state index contributed by atoms with van der Waals surface area (Å²) in [5.74, 6) is -0.391. The van der Waals surface area contributed by atoms with Crippen molar-refractivity contribution in [2.75, 3.05) is 16.8 Å². The van der Waals surface area contributed by atoms with Crippen LogP contribution in [0.2, 0.25) is 0 Å². The van der Waals surface area contributed by atoms with Crippen LogP contribution in [0.5, 0.6) is 0 Å². The van der Waals surface area contributed by atoms with Gasteiger partial charge in [0.25, 0.3) is 5.91 Å². The first-order valence-electron chi connectivity index (χ1n) is 5.97. The predicted molar refractivity (Wildman–Crippen MR) is 71.4 cm³/mol. The second kappa shape index (κ2) is 5.04. The summed E-state index contributed by atoms with van der Waals surface area (Å²) in [6, 6.07) is 7.35. The van der Waals surface area contributed by atoms with Gasteiger partial charge in [0.1, 0.15) is 0 Å². The van der Waals surface area contributed by atoms with Crippen LogP contribution in [0.3, 0.4) is 0 Å². The van der Waals surface area contributed by atoms with Gasteiger partial charge < -0.3 is 10.2 Å². The summed E-state index contributed by atoms with van der Waals surface area (Å²) in [5.41, 5.74) is 1.43. The highest BCUT2D eigenvalue weighted by molar-refractivity contribution is 6.08. The first-order chi connectivity index (χ1) is 8.63. The van der Waals surface area contributed by atoms with Crippen LogP contribution in [0.1, 0.15) is 13.8 Å². The molecule has 0 radical (unpaired) electrons. The van der Waals surface area contributed by atoms with Gasteiger partial charge in [-0.15, -0.1) is 0 Å². The third-order valence-electron chi connectivity index (χ3n) is 2.93. The Bertz CT molecular complexity index is 508. The average molecular weight is 244 g/mol. The third-order valence-corrected chi connectivity index (χ3v) is 2.93. The highest BCUT2D eigenvalue weighted by Gasteiger charge is 2.27. The molecule has 0 spiro atoms. The zero-order valence-corrected chi connectivity index (χ0v) is 10.5. The van der Waals surface area contributed by atoms with Gasteiger partial charge in [-0.25, -0.2) is 0 Å². The number of nitrogens with one attached hydrogen (secondary N) is 1. The molecule has 1 heterocycles. The van der Waals surface area contributed by atoms with E-state index in [-0.39, 0.29) is 17.7 Å². The molecule has 2 amide bonds. The molecular weight excluding hydrogens is 228 g/mol. The van der Waals surface area contributed by atoms with Crippen LogP contribution in [0.4, 0.5) is 11.4 Å². The number of rotatable bonds is 1. The van der Waals surface area contributed by atoms with Gasteiger partial charge in [0.2, 0.25) is 5.91 Å². The summed E-state index contributed by atoms with van der Waals surface area (Å²) in [6.07, 6.45) is 3.22. The number of anilines is 2. The van der Waals surface area contributed by atoms with E-state index in [0.29, 0.717) is 12.2 Å². The molecule has 4 heteroatoms. The molecule has 1 N–H and O–H groups in total. The number of hydrogen-bond donors (Lipinski definition) is 1. The molecule has 1 aromatic carbocycles. The van der Waals surface area contributed by atoms with Gasteiger partial charge in [0, 0.05) is 6.54 Å². The van der Waals surface area contributed by atoms with E-state index in [1.165, 1.54) is 6.08 Å². The van der Waals surface area contributed by atoms with Crippen molar-refractivity contribution >= 4 is 23.2 Å². The molecule has 1 aliphatic rings. The van der Waals surface area contributed by atoms with Crippen LogP contribution in [-0.4, -0.2) is 18.4 Å². The van der Waals surface area contributed by atoms with Crippen molar-refractivity contribution in [3.63, 3.8) is 0 Å². The zero-order chi connectivity index (χ0) is 13.1. The second-order valence-corrected chi connectivity index (χ2v) is 4.36. The Hall–Kier alpha value is -2.10. The van der Waals surface area contributed by atoms with Crippen molar-refractivity contribution in [2.24, 2.45) is 5.92 Å². The first-order valence-corrected chi connectivity index (χ1v) is 5.97. The van der Waals surface area contributed by atoms with Gasteiger partial charge in [-0.05, 0) is 25.1 Å². The number of allylic oxidation sites excluding steroid dienone is 1. The van der Waals surface area contributed by atoms with E-state index in [2.05, 4.69) is 5.32 Å². The van der Waals surface area contributed by atoms with Crippen molar-refractivity contribution in [1.29, 1.82) is 0 Å². The van der Waals surface area contributed by atoms with E-state index in [4.69, 9.17) is 0 Å². The summed E-state index contributed by atoms with van der Waals surface area (Å²) in [6.45, 7) is 4.01. The average Bonchev–Trinajstić information content (AvgIpc) is 2.48. The predicted octanol–water partition coefficient (Wildman–Crippen LogP) is 2.18. The number of carbonyl (C=O) groups excluding carboxylic acids is 2. The number of carbonyl (C=O) groups is 2. The molecule has 0 saturated carbocycles. The highest BCUT2D eigenvalue weighted by Crippen LogP contribution is 2.29. The molecule has 18 heavy (non-hydrogen) atoms. The molecule has 2 rings (SSSR count). The Morgan fingerprint density at radius 1 is 1.44 bits per heavy atom. The number of nitrogens with zero attached hydrogens (tertiary/aromatic N) is 1. The van der Waals surface area contributed by atoms with E-state index in [9.17, 15) is 9.59 Å². The maximum absolute atomic E-state index is 12.1. The molecule has 0 aliphatic carbocycles. The SMILES string of the molecule is CC=CC(=O)N1CC(C)C(=O)Nc2ccccc21. The minimum atomic E-state index is -0.230. The minimum Gasteiger partial charge on any atom is -0.324 e. The number of amides is 2. The molecule has 1 aromatic rings. The largest absolute Gasteiger partial charge is 0.324 e. The molecule has 0 saturated heterocycles. The van der Waals surface area contributed by atoms with Crippen LogP contribution >= 0.6 is 0 Å². The fourth-order valence-corrected chi connectivity index (χ4v) is 1.97. The summed E-state index contributed by atoms with van der Waals surface area (Å²) < 4.78 is 0. The molecular formula is C14H16N2O2. The fourth-order valence-electron chi connectivity index (χ4n) is 1.97. The van der Waals surface area contributed by atoms with Crippen molar-refractivity contribution in [1.82, 2.24) is 0 Å². The van der Waals surface area contributed by atoms with Crippen LogP contribution in [0, 0.1) is 5.92 Å². The van der Waals surface area contributed by atoms with Gasteiger partial charge in [0.15, 0.2) is 0 Å². The van der Waals surface area contributed by atoms with Gasteiger partial charge in [-0.1, -0.05) is 25.1 Å². The molecule has 4 nitrogen and oxygen atoms in total. The molecule has 1 aliphatic heterocycles. The monoisotopic (exact) mass is 244 g/mol. The van der Waals surface area contributed by atoms with Crippen molar-refractivity contribution in [3.8, 4) is 0 Å². The van der Waals surface area contributed by atoms with Crippen LogP contribution < -0.4 is 10.2 Å². The summed E-state index contributed by atoms with van der Waals surface area (Å²) in [7, 11) is 0. The Morgan fingerprint density at radius 3 is 2.89 bits per heavy atom. The minimum absolute atomic E-state index is 0.0572. The van der Waals surface area contributed by atoms with Crippen LogP contribution in [-0.2, 0) is 9.59 Å². The number of fused-ring (bicyclic) bond motifs is 1. The van der Waals surface area contributed by atoms with Crippen molar-refractivity contribution < 1.29 is 9.59 Å². The molecule has 0 fully saturated rings. The molecule has 0 bridgehead atoms. The Labute approximate surface area is 106 Å². The summed E-state index contributed by atoms with van der Waals surface area (Å²) in [5, 5.41) is 2.84. The Morgan fingerprint density at radius 2 is 2.17 bits per heavy atom. The maximum Gasteiger partial charge on any atom is 0.250 e. The third kappa shape index (κ3) is 2.27. The highest BCUT2D eigenvalue weighted by atomic mass is 16.2. The Balaban J connectivity index is 2.45. The van der Waals surface area contributed by atoms with Gasteiger partial charge in [-0.2, -0.15) is 0 Å². The zero-order valence-electron chi connectivity index (χ0n) is 10.5.